The molecule has 20 heavy (non-hydrogen) atoms. The molecule has 0 saturated carbocycles. The van der Waals surface area contributed by atoms with E-state index in [9.17, 15) is 4.79 Å². The van der Waals surface area contributed by atoms with Crippen molar-refractivity contribution in [1.29, 1.82) is 0 Å². The predicted molar refractivity (Wildman–Crippen MR) is 84.9 cm³/mol. The molecule has 1 aromatic carbocycles. The number of carbonyl (C=O) groups excluding carboxylic acids is 1. The fraction of sp³-hybridized carbons (Fsp3) is 0.312. The molecule has 0 fully saturated rings. The van der Waals surface area contributed by atoms with E-state index in [1.807, 2.05) is 30.7 Å². The van der Waals surface area contributed by atoms with Crippen LogP contribution in [-0.2, 0) is 6.54 Å². The Labute approximate surface area is 128 Å². The molecule has 1 unspecified atom stereocenters. The molecule has 1 N–H and O–H groups in total. The van der Waals surface area contributed by atoms with Crippen LogP contribution < -0.4 is 5.32 Å². The second-order valence-corrected chi connectivity index (χ2v) is 5.85. The lowest BCUT2D eigenvalue weighted by molar-refractivity contribution is 0.0930. The highest BCUT2D eigenvalue weighted by Gasteiger charge is 2.15. The fourth-order valence-electron chi connectivity index (χ4n) is 2.14. The number of rotatable bonds is 4. The quantitative estimate of drug-likeness (QED) is 0.898. The molecule has 4 heteroatoms. The third-order valence-corrected chi connectivity index (χ3v) is 3.80. The van der Waals surface area contributed by atoms with Crippen molar-refractivity contribution in [3.8, 4) is 0 Å². The van der Waals surface area contributed by atoms with Crippen molar-refractivity contribution in [2.24, 2.45) is 0 Å². The summed E-state index contributed by atoms with van der Waals surface area (Å²) >= 11 is 3.41. The van der Waals surface area contributed by atoms with Gasteiger partial charge in [0, 0.05) is 17.2 Å². The number of carbonyl (C=O) groups is 1. The Morgan fingerprint density at radius 3 is 2.60 bits per heavy atom. The van der Waals surface area contributed by atoms with Gasteiger partial charge in [-0.1, -0.05) is 29.8 Å². The van der Waals surface area contributed by atoms with Gasteiger partial charge >= 0.3 is 0 Å². The van der Waals surface area contributed by atoms with Crippen LogP contribution in [0.15, 0.2) is 41.0 Å². The standard InChI is InChI=1S/C16H19BrN2O/c1-4-19-10-14(17)9-15(19)16(20)18-12(3)13-7-5-11(2)6-8-13/h5-10,12H,4H2,1-3H3,(H,18,20). The Morgan fingerprint density at radius 1 is 1.35 bits per heavy atom. The third-order valence-electron chi connectivity index (χ3n) is 3.36. The maximum absolute atomic E-state index is 12.3. The first-order chi connectivity index (χ1) is 9.51. The molecule has 106 valence electrons. The minimum atomic E-state index is -0.0503. The van der Waals surface area contributed by atoms with Crippen LogP contribution in [0.5, 0.6) is 0 Å². The topological polar surface area (TPSA) is 34.0 Å². The zero-order chi connectivity index (χ0) is 14.7. The highest BCUT2D eigenvalue weighted by Crippen LogP contribution is 2.17. The summed E-state index contributed by atoms with van der Waals surface area (Å²) in [6.45, 7) is 6.84. The molecule has 3 nitrogen and oxygen atoms in total. The first-order valence-electron chi connectivity index (χ1n) is 6.74. The SMILES string of the molecule is CCn1cc(Br)cc1C(=O)NC(C)c1ccc(C)cc1. The lowest BCUT2D eigenvalue weighted by atomic mass is 10.1. The van der Waals surface area contributed by atoms with Crippen molar-refractivity contribution in [1.82, 2.24) is 9.88 Å². The van der Waals surface area contributed by atoms with Gasteiger partial charge in [-0.15, -0.1) is 0 Å². The average Bonchev–Trinajstić information content (AvgIpc) is 2.80. The van der Waals surface area contributed by atoms with Crippen molar-refractivity contribution in [3.63, 3.8) is 0 Å². The van der Waals surface area contributed by atoms with Crippen LogP contribution in [-0.4, -0.2) is 10.5 Å². The normalized spacial score (nSPS) is 12.2. The van der Waals surface area contributed by atoms with Crippen LogP contribution in [0.2, 0.25) is 0 Å². The molecule has 0 bridgehead atoms. The smallest absolute Gasteiger partial charge is 0.268 e. The second kappa shape index (κ2) is 6.27. The van der Waals surface area contributed by atoms with E-state index in [1.165, 1.54) is 5.56 Å². The van der Waals surface area contributed by atoms with Crippen molar-refractivity contribution < 1.29 is 4.79 Å². The monoisotopic (exact) mass is 334 g/mol. The molecular formula is C16H19BrN2O. The van der Waals surface area contributed by atoms with Crippen LogP contribution in [0.1, 0.15) is 41.5 Å². The lowest BCUT2D eigenvalue weighted by Crippen LogP contribution is -2.28. The molecule has 2 rings (SSSR count). The molecule has 0 aliphatic carbocycles. The molecule has 0 aliphatic heterocycles. The summed E-state index contributed by atoms with van der Waals surface area (Å²) in [6.07, 6.45) is 1.92. The van der Waals surface area contributed by atoms with Crippen LogP contribution in [0.25, 0.3) is 0 Å². The van der Waals surface area contributed by atoms with E-state index in [-0.39, 0.29) is 11.9 Å². The first kappa shape index (κ1) is 14.9. The van der Waals surface area contributed by atoms with Crippen LogP contribution >= 0.6 is 15.9 Å². The number of aryl methyl sites for hydroxylation is 2. The van der Waals surface area contributed by atoms with Gasteiger partial charge in [0.1, 0.15) is 5.69 Å². The summed E-state index contributed by atoms with van der Waals surface area (Å²) in [4.78, 5) is 12.3. The first-order valence-corrected chi connectivity index (χ1v) is 7.53. The Balaban J connectivity index is 2.12. The third kappa shape index (κ3) is 3.31. The van der Waals surface area contributed by atoms with Gasteiger partial charge in [0.15, 0.2) is 0 Å². The Bertz CT molecular complexity index is 601. The van der Waals surface area contributed by atoms with E-state index < -0.39 is 0 Å². The highest BCUT2D eigenvalue weighted by molar-refractivity contribution is 9.10. The highest BCUT2D eigenvalue weighted by atomic mass is 79.9. The average molecular weight is 335 g/mol. The Morgan fingerprint density at radius 2 is 2.00 bits per heavy atom. The molecule has 1 heterocycles. The zero-order valence-corrected chi connectivity index (χ0v) is 13.6. The van der Waals surface area contributed by atoms with Gasteiger partial charge in [-0.3, -0.25) is 4.79 Å². The van der Waals surface area contributed by atoms with E-state index >= 15 is 0 Å². The number of hydrogen-bond donors (Lipinski definition) is 1. The molecule has 0 radical (unpaired) electrons. The van der Waals surface area contributed by atoms with Gasteiger partial charge in [0.05, 0.1) is 6.04 Å². The van der Waals surface area contributed by atoms with Crippen LogP contribution in [0.3, 0.4) is 0 Å². The molecule has 2 aromatic rings. The summed E-state index contributed by atoms with van der Waals surface area (Å²) in [6, 6.07) is 10.1. The summed E-state index contributed by atoms with van der Waals surface area (Å²) < 4.78 is 2.86. The van der Waals surface area contributed by atoms with Gasteiger partial charge in [0.25, 0.3) is 5.91 Å². The van der Waals surface area contributed by atoms with Gasteiger partial charge in [0.2, 0.25) is 0 Å². The summed E-state index contributed by atoms with van der Waals surface area (Å²) in [5.41, 5.74) is 3.01. The lowest BCUT2D eigenvalue weighted by Gasteiger charge is -2.15. The molecule has 0 aliphatic rings. The molecule has 1 atom stereocenters. The minimum Gasteiger partial charge on any atom is -0.344 e. The molecule has 0 spiro atoms. The summed E-state index contributed by atoms with van der Waals surface area (Å²) in [7, 11) is 0. The Kier molecular flexibility index (Phi) is 4.65. The van der Waals surface area contributed by atoms with Crippen LogP contribution in [0.4, 0.5) is 0 Å². The van der Waals surface area contributed by atoms with Crippen LogP contribution in [0, 0.1) is 6.92 Å². The maximum atomic E-state index is 12.3. The van der Waals surface area contributed by atoms with Gasteiger partial charge in [-0.05, 0) is 48.3 Å². The number of hydrogen-bond acceptors (Lipinski definition) is 1. The number of nitrogens with zero attached hydrogens (tertiary/aromatic N) is 1. The largest absolute Gasteiger partial charge is 0.344 e. The number of aromatic nitrogens is 1. The minimum absolute atomic E-state index is 0.0120. The number of halogens is 1. The summed E-state index contributed by atoms with van der Waals surface area (Å²) in [5.74, 6) is -0.0503. The zero-order valence-electron chi connectivity index (χ0n) is 12.0. The summed E-state index contributed by atoms with van der Waals surface area (Å²) in [5, 5.41) is 3.04. The predicted octanol–water partition coefficient (Wildman–Crippen LogP) is 4.07. The van der Waals surface area contributed by atoms with Crippen molar-refractivity contribution in [3.05, 3.63) is 57.8 Å². The molecule has 1 aromatic heterocycles. The van der Waals surface area contributed by atoms with E-state index in [4.69, 9.17) is 0 Å². The maximum Gasteiger partial charge on any atom is 0.268 e. The van der Waals surface area contributed by atoms with Crippen molar-refractivity contribution in [2.45, 2.75) is 33.4 Å². The number of amides is 1. The van der Waals surface area contributed by atoms with E-state index in [0.717, 1.165) is 16.6 Å². The van der Waals surface area contributed by atoms with Crippen molar-refractivity contribution >= 4 is 21.8 Å². The van der Waals surface area contributed by atoms with Gasteiger partial charge < -0.3 is 9.88 Å². The number of benzene rings is 1. The van der Waals surface area contributed by atoms with Gasteiger partial charge in [-0.25, -0.2) is 0 Å². The Hall–Kier alpha value is -1.55. The second-order valence-electron chi connectivity index (χ2n) is 4.94. The molecule has 1 amide bonds. The van der Waals surface area contributed by atoms with Crippen molar-refractivity contribution in [2.75, 3.05) is 0 Å². The molecule has 0 saturated heterocycles. The van der Waals surface area contributed by atoms with E-state index in [0.29, 0.717) is 5.69 Å². The fourth-order valence-corrected chi connectivity index (χ4v) is 2.60. The molecular weight excluding hydrogens is 316 g/mol. The van der Waals surface area contributed by atoms with E-state index in [1.54, 1.807) is 0 Å². The van der Waals surface area contributed by atoms with E-state index in [2.05, 4.69) is 52.4 Å². The number of nitrogens with one attached hydrogen (secondary N) is 1. The van der Waals surface area contributed by atoms with Gasteiger partial charge in [-0.2, -0.15) is 0 Å².